The van der Waals surface area contributed by atoms with Crippen molar-refractivity contribution in [3.05, 3.63) is 71.3 Å². The Hall–Kier alpha value is -2.95. The van der Waals surface area contributed by atoms with Gasteiger partial charge in [0.25, 0.3) is 0 Å². The molecule has 2 aromatic carbocycles. The van der Waals surface area contributed by atoms with Crippen molar-refractivity contribution >= 4 is 17.7 Å². The molecule has 152 valence electrons. The van der Waals surface area contributed by atoms with Gasteiger partial charge in [0.15, 0.2) is 5.78 Å². The van der Waals surface area contributed by atoms with Crippen molar-refractivity contribution in [2.24, 2.45) is 0 Å². The van der Waals surface area contributed by atoms with Gasteiger partial charge in [-0.1, -0.05) is 61.5 Å². The summed E-state index contributed by atoms with van der Waals surface area (Å²) in [6.07, 6.45) is 2.00. The maximum Gasteiger partial charge on any atom is 0.314 e. The summed E-state index contributed by atoms with van der Waals surface area (Å²) >= 11 is 0. The predicted octanol–water partition coefficient (Wildman–Crippen LogP) is 3.86. The Balaban J connectivity index is 1.56. The van der Waals surface area contributed by atoms with E-state index in [1.165, 1.54) is 5.56 Å². The van der Waals surface area contributed by atoms with Crippen LogP contribution in [0, 0.1) is 0 Å². The van der Waals surface area contributed by atoms with Gasteiger partial charge in [-0.15, -0.1) is 0 Å². The third-order valence-corrected chi connectivity index (χ3v) is 5.96. The van der Waals surface area contributed by atoms with Crippen molar-refractivity contribution in [2.45, 2.75) is 44.4 Å². The van der Waals surface area contributed by atoms with E-state index in [-0.39, 0.29) is 24.5 Å². The molecule has 0 bridgehead atoms. The molecule has 1 N–H and O–H groups in total. The van der Waals surface area contributed by atoms with Gasteiger partial charge in [0.1, 0.15) is 0 Å². The van der Waals surface area contributed by atoms with E-state index < -0.39 is 11.4 Å². The summed E-state index contributed by atoms with van der Waals surface area (Å²) in [7, 11) is 0. The third kappa shape index (κ3) is 4.56. The number of piperidine rings is 1. The first-order valence-electron chi connectivity index (χ1n) is 10.1. The molecule has 0 aliphatic carbocycles. The lowest BCUT2D eigenvalue weighted by molar-refractivity contribution is -0.148. The van der Waals surface area contributed by atoms with Gasteiger partial charge in [0.2, 0.25) is 5.91 Å². The molecule has 1 aliphatic heterocycles. The van der Waals surface area contributed by atoms with Crippen LogP contribution in [0.25, 0.3) is 0 Å². The van der Waals surface area contributed by atoms with E-state index in [9.17, 15) is 19.5 Å². The van der Waals surface area contributed by atoms with Crippen LogP contribution in [-0.2, 0) is 21.4 Å². The number of aryl methyl sites for hydroxylation is 1. The van der Waals surface area contributed by atoms with Gasteiger partial charge in [0.05, 0.1) is 5.41 Å². The average molecular weight is 393 g/mol. The number of hydrogen-bond acceptors (Lipinski definition) is 3. The number of carbonyl (C=O) groups excluding carboxylic acids is 2. The quantitative estimate of drug-likeness (QED) is 0.725. The topological polar surface area (TPSA) is 74.7 Å². The first-order chi connectivity index (χ1) is 14.0. The molecule has 0 saturated carbocycles. The molecule has 1 heterocycles. The third-order valence-electron chi connectivity index (χ3n) is 5.96. The number of aliphatic carboxylic acids is 1. The van der Waals surface area contributed by atoms with Crippen LogP contribution in [0.2, 0.25) is 0 Å². The van der Waals surface area contributed by atoms with Gasteiger partial charge in [-0.05, 0) is 30.4 Å². The van der Waals surface area contributed by atoms with Gasteiger partial charge in [0, 0.05) is 31.5 Å². The molecule has 5 nitrogen and oxygen atoms in total. The lowest BCUT2D eigenvalue weighted by Crippen LogP contribution is -2.49. The Bertz CT molecular complexity index is 866. The highest BCUT2D eigenvalue weighted by molar-refractivity contribution is 5.98. The molecule has 0 atom stereocenters. The fourth-order valence-electron chi connectivity index (χ4n) is 3.97. The first-order valence-corrected chi connectivity index (χ1v) is 10.1. The second-order valence-electron chi connectivity index (χ2n) is 7.61. The second-order valence-corrected chi connectivity index (χ2v) is 7.61. The van der Waals surface area contributed by atoms with Crippen molar-refractivity contribution in [1.29, 1.82) is 0 Å². The summed E-state index contributed by atoms with van der Waals surface area (Å²) in [6.45, 7) is 2.84. The second kappa shape index (κ2) is 9.03. The van der Waals surface area contributed by atoms with Crippen LogP contribution in [0.15, 0.2) is 54.6 Å². The molecule has 0 radical (unpaired) electrons. The zero-order valence-corrected chi connectivity index (χ0v) is 16.8. The van der Waals surface area contributed by atoms with Gasteiger partial charge in [-0.25, -0.2) is 0 Å². The minimum Gasteiger partial charge on any atom is -0.481 e. The van der Waals surface area contributed by atoms with Crippen LogP contribution in [0.5, 0.6) is 0 Å². The van der Waals surface area contributed by atoms with Crippen molar-refractivity contribution in [2.75, 3.05) is 13.1 Å². The molecule has 1 fully saturated rings. The van der Waals surface area contributed by atoms with E-state index in [0.29, 0.717) is 31.5 Å². The molecule has 2 aromatic rings. The Morgan fingerprint density at radius 2 is 1.55 bits per heavy atom. The SMILES string of the molecule is CCc1ccc(C(=O)CCC(=O)N2CCC(C(=O)O)(c3ccccc3)CC2)cc1. The van der Waals surface area contributed by atoms with Crippen LogP contribution in [0.1, 0.15) is 54.1 Å². The smallest absolute Gasteiger partial charge is 0.314 e. The molecular weight excluding hydrogens is 366 g/mol. The van der Waals surface area contributed by atoms with E-state index in [1.54, 1.807) is 4.90 Å². The highest BCUT2D eigenvalue weighted by Gasteiger charge is 2.43. The fourth-order valence-corrected chi connectivity index (χ4v) is 3.97. The minimum absolute atomic E-state index is 0.0396. The standard InChI is InChI=1S/C24H27NO4/c1-2-18-8-10-19(11-9-18)21(26)12-13-22(27)25-16-14-24(15-17-25,23(28)29)20-6-4-3-5-7-20/h3-11H,2,12-17H2,1H3,(H,28,29). The molecular formula is C24H27NO4. The van der Waals surface area contributed by atoms with Crippen LogP contribution in [0.3, 0.4) is 0 Å². The monoisotopic (exact) mass is 393 g/mol. The Morgan fingerprint density at radius 1 is 0.931 bits per heavy atom. The number of rotatable bonds is 7. The molecule has 1 aliphatic rings. The molecule has 0 aromatic heterocycles. The predicted molar refractivity (Wildman–Crippen MR) is 111 cm³/mol. The normalized spacial score (nSPS) is 15.7. The lowest BCUT2D eigenvalue weighted by atomic mass is 9.73. The van der Waals surface area contributed by atoms with E-state index >= 15 is 0 Å². The maximum absolute atomic E-state index is 12.6. The summed E-state index contributed by atoms with van der Waals surface area (Å²) in [5.41, 5.74) is 1.63. The molecule has 0 spiro atoms. The zero-order chi connectivity index (χ0) is 20.9. The van der Waals surface area contributed by atoms with Crippen LogP contribution < -0.4 is 0 Å². The Kier molecular flexibility index (Phi) is 6.47. The van der Waals surface area contributed by atoms with E-state index in [4.69, 9.17) is 0 Å². The van der Waals surface area contributed by atoms with Gasteiger partial charge >= 0.3 is 5.97 Å². The molecule has 29 heavy (non-hydrogen) atoms. The lowest BCUT2D eigenvalue weighted by Gasteiger charge is -2.39. The van der Waals surface area contributed by atoms with Gasteiger partial charge in [-0.3, -0.25) is 14.4 Å². The van der Waals surface area contributed by atoms with E-state index in [2.05, 4.69) is 6.92 Å². The van der Waals surface area contributed by atoms with Crippen molar-refractivity contribution in [3.63, 3.8) is 0 Å². The molecule has 3 rings (SSSR count). The summed E-state index contributed by atoms with van der Waals surface area (Å²) < 4.78 is 0. The van der Waals surface area contributed by atoms with E-state index in [1.807, 2.05) is 54.6 Å². The van der Waals surface area contributed by atoms with Crippen molar-refractivity contribution < 1.29 is 19.5 Å². The molecule has 5 heteroatoms. The maximum atomic E-state index is 12.6. The number of ketones is 1. The first kappa shape index (κ1) is 20.8. The zero-order valence-electron chi connectivity index (χ0n) is 16.8. The van der Waals surface area contributed by atoms with Crippen LogP contribution in [-0.4, -0.2) is 40.8 Å². The number of amides is 1. The molecule has 0 unspecified atom stereocenters. The van der Waals surface area contributed by atoms with E-state index in [0.717, 1.165) is 12.0 Å². The minimum atomic E-state index is -0.950. The summed E-state index contributed by atoms with van der Waals surface area (Å²) in [4.78, 5) is 38.7. The largest absolute Gasteiger partial charge is 0.481 e. The fraction of sp³-hybridized carbons (Fsp3) is 0.375. The number of carboxylic acid groups (broad SMARTS) is 1. The van der Waals surface area contributed by atoms with Crippen molar-refractivity contribution in [3.8, 4) is 0 Å². The number of Topliss-reactive ketones (excluding diaryl/α,β-unsaturated/α-hetero) is 1. The Labute approximate surface area is 171 Å². The number of hydrogen-bond donors (Lipinski definition) is 1. The number of likely N-dealkylation sites (tertiary alicyclic amines) is 1. The van der Waals surface area contributed by atoms with Gasteiger partial charge in [-0.2, -0.15) is 0 Å². The molecule has 1 saturated heterocycles. The highest BCUT2D eigenvalue weighted by Crippen LogP contribution is 2.36. The average Bonchev–Trinajstić information content (AvgIpc) is 2.77. The molecule has 1 amide bonds. The summed E-state index contributed by atoms with van der Waals surface area (Å²) in [5.74, 6) is -0.973. The van der Waals surface area contributed by atoms with Crippen molar-refractivity contribution in [1.82, 2.24) is 4.90 Å². The summed E-state index contributed by atoms with van der Waals surface area (Å²) in [6, 6.07) is 16.7. The number of carboxylic acids is 1. The number of benzene rings is 2. The van der Waals surface area contributed by atoms with Crippen LogP contribution in [0.4, 0.5) is 0 Å². The van der Waals surface area contributed by atoms with Crippen LogP contribution >= 0.6 is 0 Å². The highest BCUT2D eigenvalue weighted by atomic mass is 16.4. The number of nitrogens with zero attached hydrogens (tertiary/aromatic N) is 1. The summed E-state index contributed by atoms with van der Waals surface area (Å²) in [5, 5.41) is 9.86. The van der Waals surface area contributed by atoms with Gasteiger partial charge < -0.3 is 10.0 Å². The number of carbonyl (C=O) groups is 3. The Morgan fingerprint density at radius 3 is 2.10 bits per heavy atom.